The van der Waals surface area contributed by atoms with Gasteiger partial charge in [0.15, 0.2) is 0 Å². The summed E-state index contributed by atoms with van der Waals surface area (Å²) in [6.07, 6.45) is 5.48. The Morgan fingerprint density at radius 3 is 2.53 bits per heavy atom. The van der Waals surface area contributed by atoms with E-state index in [2.05, 4.69) is 37.9 Å². The van der Waals surface area contributed by atoms with Crippen molar-refractivity contribution in [3.63, 3.8) is 0 Å². The molecule has 7 rings (SSSR count). The fraction of sp³-hybridized carbons (Fsp3) is 0.382. The highest BCUT2D eigenvalue weighted by Crippen LogP contribution is 2.46. The Balaban J connectivity index is 1.16. The number of nitrogens with zero attached hydrogens (tertiary/aromatic N) is 1. The largest absolute Gasteiger partial charge is 0.490 e. The van der Waals surface area contributed by atoms with Crippen molar-refractivity contribution in [1.82, 2.24) is 26.2 Å². The Labute approximate surface area is 282 Å². The molecule has 49 heavy (non-hydrogen) atoms. The number of carbonyl (C=O) groups excluding carboxylic acids is 4. The molecule has 14 nitrogen and oxygen atoms in total. The summed E-state index contributed by atoms with van der Waals surface area (Å²) in [5, 5.41) is 9.28. The van der Waals surface area contributed by atoms with Crippen LogP contribution in [0.4, 0.5) is 4.79 Å². The monoisotopic (exact) mass is 688 g/mol. The van der Waals surface area contributed by atoms with Gasteiger partial charge < -0.3 is 20.2 Å². The summed E-state index contributed by atoms with van der Waals surface area (Å²) in [4.78, 5) is 59.1. The van der Waals surface area contributed by atoms with Crippen LogP contribution < -0.4 is 30.9 Å². The van der Waals surface area contributed by atoms with Crippen LogP contribution in [-0.4, -0.2) is 67.9 Å². The third kappa shape index (κ3) is 6.37. The highest BCUT2D eigenvalue weighted by Gasteiger charge is 2.62. The Morgan fingerprint density at radius 2 is 1.78 bits per heavy atom. The van der Waals surface area contributed by atoms with E-state index in [0.29, 0.717) is 24.3 Å². The van der Waals surface area contributed by atoms with Gasteiger partial charge in [-0.1, -0.05) is 41.6 Å². The second-order valence-electron chi connectivity index (χ2n) is 12.9. The lowest BCUT2D eigenvalue weighted by Crippen LogP contribution is -2.55. The van der Waals surface area contributed by atoms with Crippen molar-refractivity contribution in [3.05, 3.63) is 78.4 Å². The Bertz CT molecular complexity index is 1910. The molecule has 5 atom stereocenters. The quantitative estimate of drug-likeness (QED) is 0.242. The van der Waals surface area contributed by atoms with E-state index >= 15 is 0 Å². The number of ether oxygens (including phenoxy) is 1. The fourth-order valence-corrected chi connectivity index (χ4v) is 8.09. The number of oxime groups is 1. The average Bonchev–Trinajstić information content (AvgIpc) is 4.00. The number of hydrogen-bond donors (Lipinski definition) is 5. The molecule has 1 aliphatic heterocycles. The summed E-state index contributed by atoms with van der Waals surface area (Å²) in [6.45, 7) is 4.16. The van der Waals surface area contributed by atoms with Gasteiger partial charge in [0.2, 0.25) is 21.8 Å². The first-order valence-electron chi connectivity index (χ1n) is 16.2. The summed E-state index contributed by atoms with van der Waals surface area (Å²) in [6, 6.07) is 12.8. The van der Waals surface area contributed by atoms with Crippen LogP contribution in [0.3, 0.4) is 0 Å². The molecule has 5 amide bonds. The lowest BCUT2D eigenvalue weighted by molar-refractivity contribution is -0.136. The number of nitrogens with one attached hydrogen (secondary N) is 5. The van der Waals surface area contributed by atoms with Gasteiger partial charge in [-0.3, -0.25) is 24.5 Å². The van der Waals surface area contributed by atoms with Gasteiger partial charge >= 0.3 is 6.03 Å². The van der Waals surface area contributed by atoms with Crippen LogP contribution in [0.25, 0.3) is 11.1 Å². The number of benzene rings is 2. The molecule has 5 N–H and O–H groups in total. The van der Waals surface area contributed by atoms with Gasteiger partial charge in [0, 0.05) is 23.6 Å². The topological polar surface area (TPSA) is 193 Å². The molecule has 2 aromatic carbocycles. The third-order valence-corrected chi connectivity index (χ3v) is 11.5. The highest BCUT2D eigenvalue weighted by atomic mass is 32.2. The summed E-state index contributed by atoms with van der Waals surface area (Å²) >= 11 is 0. The molecule has 1 heterocycles. The molecular formula is C34H36N6O8S. The fourth-order valence-electron chi connectivity index (χ4n) is 6.73. The molecule has 2 aromatic rings. The van der Waals surface area contributed by atoms with E-state index in [4.69, 9.17) is 9.57 Å². The number of hydrazine groups is 1. The molecule has 0 aromatic heterocycles. The second-order valence-corrected chi connectivity index (χ2v) is 14.9. The minimum atomic E-state index is -3.87. The summed E-state index contributed by atoms with van der Waals surface area (Å²) in [5.74, 6) is -3.96. The van der Waals surface area contributed by atoms with E-state index in [1.54, 1.807) is 12.2 Å². The van der Waals surface area contributed by atoms with Gasteiger partial charge in [-0.2, -0.15) is 0 Å². The Kier molecular flexibility index (Phi) is 8.38. The Morgan fingerprint density at radius 1 is 1.00 bits per heavy atom. The van der Waals surface area contributed by atoms with E-state index in [0.717, 1.165) is 22.3 Å². The molecule has 4 aliphatic carbocycles. The normalized spacial score (nSPS) is 29.3. The minimum absolute atomic E-state index is 0.0617. The zero-order valence-corrected chi connectivity index (χ0v) is 27.3. The number of amides is 5. The SMILES string of the molecule is C=C[C@H]1C[C@]1(NC(=O)C1C[C@@H]2C[C@H]1C(=O)NNC(=O)NC/C=C/COc1ccc3c(c1)/C(=N/O2)c1ccccc1-3)C(=O)NS(=O)(=O)C1CC1. The molecule has 5 aliphatic rings. The third-order valence-electron chi connectivity index (χ3n) is 9.65. The van der Waals surface area contributed by atoms with E-state index in [1.807, 2.05) is 42.5 Å². The smallest absolute Gasteiger partial charge is 0.333 e. The molecular weight excluding hydrogens is 652 g/mol. The molecule has 3 fully saturated rings. The van der Waals surface area contributed by atoms with Crippen molar-refractivity contribution in [2.24, 2.45) is 22.9 Å². The van der Waals surface area contributed by atoms with Gasteiger partial charge in [0.25, 0.3) is 5.91 Å². The number of fused-ring (bicyclic) bond motifs is 6. The lowest BCUT2D eigenvalue weighted by Gasteiger charge is -2.23. The second kappa shape index (κ2) is 12.7. The van der Waals surface area contributed by atoms with Crippen LogP contribution in [-0.2, 0) is 29.2 Å². The summed E-state index contributed by atoms with van der Waals surface area (Å²) < 4.78 is 33.2. The van der Waals surface area contributed by atoms with Crippen LogP contribution in [0.15, 0.2) is 72.4 Å². The molecule has 15 heteroatoms. The van der Waals surface area contributed by atoms with Gasteiger partial charge in [-0.15, -0.1) is 6.58 Å². The number of hydrogen-bond acceptors (Lipinski definition) is 9. The summed E-state index contributed by atoms with van der Waals surface area (Å²) in [5.41, 5.74) is 7.33. The van der Waals surface area contributed by atoms with Crippen molar-refractivity contribution < 1.29 is 37.2 Å². The Hall–Kier alpha value is -5.18. The van der Waals surface area contributed by atoms with Gasteiger partial charge in [-0.25, -0.2) is 18.6 Å². The molecule has 256 valence electrons. The van der Waals surface area contributed by atoms with Gasteiger partial charge in [0.05, 0.1) is 17.1 Å². The van der Waals surface area contributed by atoms with Crippen LogP contribution >= 0.6 is 0 Å². The van der Waals surface area contributed by atoms with E-state index in [-0.39, 0.29) is 32.4 Å². The zero-order valence-electron chi connectivity index (χ0n) is 26.4. The first kappa shape index (κ1) is 32.4. The summed E-state index contributed by atoms with van der Waals surface area (Å²) in [7, 11) is -3.87. The maximum absolute atomic E-state index is 13.9. The van der Waals surface area contributed by atoms with E-state index in [9.17, 15) is 27.6 Å². The molecule has 4 bridgehead atoms. The van der Waals surface area contributed by atoms with Gasteiger partial charge in [-0.05, 0) is 67.5 Å². The maximum Gasteiger partial charge on any atom is 0.333 e. The highest BCUT2D eigenvalue weighted by molar-refractivity contribution is 7.91. The maximum atomic E-state index is 13.9. The number of rotatable bonds is 6. The number of urea groups is 1. The first-order chi connectivity index (χ1) is 23.6. The number of carbonyl (C=O) groups is 4. The number of sulfonamides is 1. The molecule has 0 spiro atoms. The van der Waals surface area contributed by atoms with Crippen LogP contribution in [0.5, 0.6) is 5.75 Å². The lowest BCUT2D eigenvalue weighted by atomic mass is 9.94. The van der Waals surface area contributed by atoms with Crippen molar-refractivity contribution in [2.45, 2.75) is 49.0 Å². The van der Waals surface area contributed by atoms with Gasteiger partial charge in [0.1, 0.15) is 29.7 Å². The molecule has 1 unspecified atom stereocenters. The van der Waals surface area contributed by atoms with E-state index < -0.39 is 68.4 Å². The van der Waals surface area contributed by atoms with E-state index in [1.165, 1.54) is 6.08 Å². The van der Waals surface area contributed by atoms with Crippen molar-refractivity contribution in [2.75, 3.05) is 13.2 Å². The van der Waals surface area contributed by atoms with Crippen molar-refractivity contribution >= 4 is 39.5 Å². The van der Waals surface area contributed by atoms with Crippen LogP contribution in [0.2, 0.25) is 0 Å². The van der Waals surface area contributed by atoms with Crippen molar-refractivity contribution in [1.29, 1.82) is 0 Å². The predicted octanol–water partition coefficient (Wildman–Crippen LogP) is 1.78. The molecule has 3 saturated carbocycles. The molecule has 0 radical (unpaired) electrons. The first-order valence-corrected chi connectivity index (χ1v) is 17.7. The molecule has 0 saturated heterocycles. The van der Waals surface area contributed by atoms with Crippen molar-refractivity contribution in [3.8, 4) is 16.9 Å². The van der Waals surface area contributed by atoms with Crippen LogP contribution in [0, 0.1) is 17.8 Å². The van der Waals surface area contributed by atoms with Crippen LogP contribution in [0.1, 0.15) is 43.2 Å². The average molecular weight is 689 g/mol. The standard InChI is InChI=1S/C34H36N6O8S/c1-2-19-18-34(19,32(43)40-49(45,46)22-10-11-22)36-30(41)27-16-21-17-28(27)31(42)37-38-33(44)35-13-5-6-14-47-20-9-12-24-23-7-3-4-8-25(23)29(39-48-21)26(24)15-20/h2-9,12,15,19,21-22,27-28H,1,10-11,13-14,16-18H2,(H,36,41)(H,37,42)(H,40,43)(H2,35,38,44)/b6-5+,39-29+/t19-,21+,27?,28+,34+/m0/s1. The minimum Gasteiger partial charge on any atom is -0.490 e. The predicted molar refractivity (Wildman–Crippen MR) is 177 cm³/mol. The zero-order chi connectivity index (χ0) is 34.3.